The van der Waals surface area contributed by atoms with Crippen molar-refractivity contribution in [2.24, 2.45) is 0 Å². The first-order valence-electron chi connectivity index (χ1n) is 5.52. The molecule has 2 unspecified atom stereocenters. The highest BCUT2D eigenvalue weighted by atomic mass is 15.3. The van der Waals surface area contributed by atoms with Gasteiger partial charge in [0.05, 0.1) is 0 Å². The molecule has 2 heterocycles. The van der Waals surface area contributed by atoms with Gasteiger partial charge >= 0.3 is 0 Å². The summed E-state index contributed by atoms with van der Waals surface area (Å²) in [5, 5.41) is 3.68. The second kappa shape index (κ2) is 3.28. The molecule has 0 bridgehead atoms. The van der Waals surface area contributed by atoms with Crippen LogP contribution in [0.1, 0.15) is 25.7 Å². The van der Waals surface area contributed by atoms with Gasteiger partial charge in [0.2, 0.25) is 0 Å². The summed E-state index contributed by atoms with van der Waals surface area (Å²) in [6.07, 6.45) is 16.7. The molecule has 3 rings (SSSR count). The standard InChI is InChI=1S/C12H16N2/c1-2-6-11-10(5-1)9-14-8-4-3-7-12(14)13-11/h3-4,7-9,11-13H,1-2,5-6H2. The van der Waals surface area contributed by atoms with Gasteiger partial charge in [-0.2, -0.15) is 0 Å². The average Bonchev–Trinajstić information content (AvgIpc) is 2.26. The average molecular weight is 188 g/mol. The Bertz CT molecular complexity index is 314. The molecule has 0 aromatic rings. The van der Waals surface area contributed by atoms with Gasteiger partial charge in [0.25, 0.3) is 0 Å². The summed E-state index contributed by atoms with van der Waals surface area (Å²) in [6, 6.07) is 0.640. The Morgan fingerprint density at radius 1 is 1.29 bits per heavy atom. The van der Waals surface area contributed by atoms with Gasteiger partial charge in [-0.25, -0.2) is 0 Å². The molecule has 0 aromatic carbocycles. The molecule has 0 radical (unpaired) electrons. The van der Waals surface area contributed by atoms with Crippen LogP contribution >= 0.6 is 0 Å². The van der Waals surface area contributed by atoms with E-state index in [4.69, 9.17) is 0 Å². The van der Waals surface area contributed by atoms with Crippen LogP contribution in [-0.2, 0) is 0 Å². The summed E-state index contributed by atoms with van der Waals surface area (Å²) < 4.78 is 0. The van der Waals surface area contributed by atoms with E-state index in [9.17, 15) is 0 Å². The molecule has 1 saturated carbocycles. The normalized spacial score (nSPS) is 34.9. The first-order chi connectivity index (χ1) is 6.93. The number of fused-ring (bicyclic) bond motifs is 2. The SMILES string of the molecule is C1=CC2NC3CCCCC3=CN2C=C1. The first kappa shape index (κ1) is 8.30. The van der Waals surface area contributed by atoms with E-state index in [1.165, 1.54) is 25.7 Å². The molecular formula is C12H16N2. The first-order valence-corrected chi connectivity index (χ1v) is 5.52. The summed E-state index contributed by atoms with van der Waals surface area (Å²) in [5.41, 5.74) is 1.59. The van der Waals surface area contributed by atoms with Crippen LogP contribution in [0.15, 0.2) is 36.2 Å². The third-order valence-corrected chi connectivity index (χ3v) is 3.33. The molecule has 2 aliphatic heterocycles. The maximum absolute atomic E-state index is 3.68. The summed E-state index contributed by atoms with van der Waals surface area (Å²) >= 11 is 0. The van der Waals surface area contributed by atoms with Crippen molar-refractivity contribution in [1.29, 1.82) is 0 Å². The summed E-state index contributed by atoms with van der Waals surface area (Å²) in [6.45, 7) is 0. The number of nitrogens with one attached hydrogen (secondary N) is 1. The van der Waals surface area contributed by atoms with Crippen molar-refractivity contribution >= 4 is 0 Å². The zero-order valence-corrected chi connectivity index (χ0v) is 8.32. The Hall–Kier alpha value is -1.02. The van der Waals surface area contributed by atoms with Gasteiger partial charge in [-0.05, 0) is 37.0 Å². The number of hydrogen-bond acceptors (Lipinski definition) is 2. The Morgan fingerprint density at radius 2 is 2.29 bits per heavy atom. The third-order valence-electron chi connectivity index (χ3n) is 3.33. The maximum Gasteiger partial charge on any atom is 0.103 e. The minimum atomic E-state index is 0.395. The van der Waals surface area contributed by atoms with Crippen LogP contribution in [0.2, 0.25) is 0 Å². The smallest absolute Gasteiger partial charge is 0.103 e. The van der Waals surface area contributed by atoms with Crippen LogP contribution in [-0.4, -0.2) is 17.1 Å². The van der Waals surface area contributed by atoms with Crippen molar-refractivity contribution in [1.82, 2.24) is 10.2 Å². The van der Waals surface area contributed by atoms with Crippen LogP contribution in [0, 0.1) is 0 Å². The topological polar surface area (TPSA) is 15.3 Å². The Morgan fingerprint density at radius 3 is 3.29 bits per heavy atom. The third kappa shape index (κ3) is 1.30. The van der Waals surface area contributed by atoms with E-state index >= 15 is 0 Å². The van der Waals surface area contributed by atoms with Crippen LogP contribution in [0.5, 0.6) is 0 Å². The number of rotatable bonds is 0. The van der Waals surface area contributed by atoms with Gasteiger partial charge in [0.15, 0.2) is 0 Å². The van der Waals surface area contributed by atoms with Crippen molar-refractivity contribution in [3.63, 3.8) is 0 Å². The minimum absolute atomic E-state index is 0.395. The lowest BCUT2D eigenvalue weighted by Gasteiger charge is -2.40. The molecule has 2 nitrogen and oxygen atoms in total. The van der Waals surface area contributed by atoms with Crippen LogP contribution in [0.25, 0.3) is 0 Å². The predicted molar refractivity (Wildman–Crippen MR) is 57.4 cm³/mol. The van der Waals surface area contributed by atoms with E-state index in [0.717, 1.165) is 0 Å². The van der Waals surface area contributed by atoms with Crippen molar-refractivity contribution < 1.29 is 0 Å². The zero-order chi connectivity index (χ0) is 9.38. The Balaban J connectivity index is 1.88. The molecular weight excluding hydrogens is 172 g/mol. The van der Waals surface area contributed by atoms with Crippen molar-refractivity contribution in [3.8, 4) is 0 Å². The molecule has 14 heavy (non-hydrogen) atoms. The molecule has 0 spiro atoms. The fourth-order valence-electron chi connectivity index (χ4n) is 2.56. The van der Waals surface area contributed by atoms with E-state index in [0.29, 0.717) is 12.2 Å². The van der Waals surface area contributed by atoms with Crippen LogP contribution in [0.4, 0.5) is 0 Å². The highest BCUT2D eigenvalue weighted by molar-refractivity contribution is 5.24. The number of nitrogens with zero attached hydrogens (tertiary/aromatic N) is 1. The second-order valence-electron chi connectivity index (χ2n) is 4.29. The van der Waals surface area contributed by atoms with E-state index in [2.05, 4.69) is 40.8 Å². The van der Waals surface area contributed by atoms with Crippen molar-refractivity contribution in [2.75, 3.05) is 0 Å². The van der Waals surface area contributed by atoms with E-state index in [1.807, 2.05) is 0 Å². The Kier molecular flexibility index (Phi) is 1.95. The molecule has 0 aromatic heterocycles. The lowest BCUT2D eigenvalue weighted by Crippen LogP contribution is -2.50. The van der Waals surface area contributed by atoms with E-state index in [1.54, 1.807) is 5.57 Å². The van der Waals surface area contributed by atoms with Crippen LogP contribution < -0.4 is 5.32 Å². The zero-order valence-electron chi connectivity index (χ0n) is 8.32. The maximum atomic E-state index is 3.68. The summed E-state index contributed by atoms with van der Waals surface area (Å²) in [7, 11) is 0. The fraction of sp³-hybridized carbons (Fsp3) is 0.500. The molecule has 1 fully saturated rings. The van der Waals surface area contributed by atoms with Crippen molar-refractivity contribution in [2.45, 2.75) is 37.9 Å². The highest BCUT2D eigenvalue weighted by Gasteiger charge is 2.27. The lowest BCUT2D eigenvalue weighted by atomic mass is 9.89. The van der Waals surface area contributed by atoms with Gasteiger partial charge in [0.1, 0.15) is 6.17 Å². The molecule has 2 atom stereocenters. The van der Waals surface area contributed by atoms with Gasteiger partial charge < -0.3 is 4.90 Å². The number of allylic oxidation sites excluding steroid dienone is 2. The molecule has 1 N–H and O–H groups in total. The van der Waals surface area contributed by atoms with E-state index in [-0.39, 0.29) is 0 Å². The van der Waals surface area contributed by atoms with Crippen LogP contribution in [0.3, 0.4) is 0 Å². The highest BCUT2D eigenvalue weighted by Crippen LogP contribution is 2.28. The molecule has 0 saturated heterocycles. The molecule has 74 valence electrons. The molecule has 3 aliphatic rings. The molecule has 2 heteroatoms. The van der Waals surface area contributed by atoms with E-state index < -0.39 is 0 Å². The monoisotopic (exact) mass is 188 g/mol. The fourth-order valence-corrected chi connectivity index (χ4v) is 2.56. The quantitative estimate of drug-likeness (QED) is 0.626. The lowest BCUT2D eigenvalue weighted by molar-refractivity contribution is 0.277. The second-order valence-corrected chi connectivity index (χ2v) is 4.29. The molecule has 0 amide bonds. The van der Waals surface area contributed by atoms with Gasteiger partial charge in [-0.15, -0.1) is 0 Å². The summed E-state index contributed by atoms with van der Waals surface area (Å²) in [5.74, 6) is 0. The molecule has 1 aliphatic carbocycles. The van der Waals surface area contributed by atoms with Gasteiger partial charge in [-0.3, -0.25) is 5.32 Å². The Labute approximate surface area is 85.0 Å². The largest absolute Gasteiger partial charge is 0.335 e. The van der Waals surface area contributed by atoms with Crippen molar-refractivity contribution in [3.05, 3.63) is 36.2 Å². The number of hydrogen-bond donors (Lipinski definition) is 1. The predicted octanol–water partition coefficient (Wildman–Crippen LogP) is 2.13. The minimum Gasteiger partial charge on any atom is -0.335 e. The summed E-state index contributed by atoms with van der Waals surface area (Å²) in [4.78, 5) is 2.27. The van der Waals surface area contributed by atoms with Gasteiger partial charge in [0, 0.05) is 18.4 Å². The van der Waals surface area contributed by atoms with Gasteiger partial charge in [-0.1, -0.05) is 12.5 Å².